The first-order valence-corrected chi connectivity index (χ1v) is 6.61. The van der Waals surface area contributed by atoms with Crippen LogP contribution in [0.25, 0.3) is 6.08 Å². The number of benzene rings is 1. The first kappa shape index (κ1) is 13.5. The van der Waals surface area contributed by atoms with Crippen molar-refractivity contribution >= 4 is 12.0 Å². The third kappa shape index (κ3) is 3.28. The molecule has 1 aromatic carbocycles. The second kappa shape index (κ2) is 6.27. The van der Waals surface area contributed by atoms with Gasteiger partial charge in [-0.05, 0) is 37.6 Å². The van der Waals surface area contributed by atoms with Crippen LogP contribution in [0.3, 0.4) is 0 Å². The van der Waals surface area contributed by atoms with Gasteiger partial charge in [0.05, 0.1) is 0 Å². The van der Waals surface area contributed by atoms with Crippen molar-refractivity contribution in [3.8, 4) is 11.5 Å². The monoisotopic (exact) mass is 261 g/mol. The quantitative estimate of drug-likeness (QED) is 0.781. The van der Waals surface area contributed by atoms with Gasteiger partial charge in [0, 0.05) is 19.2 Å². The van der Waals surface area contributed by atoms with Crippen LogP contribution in [0, 0.1) is 0 Å². The molecule has 0 spiro atoms. The van der Waals surface area contributed by atoms with Crippen molar-refractivity contribution in [1.82, 2.24) is 4.90 Å². The zero-order valence-electron chi connectivity index (χ0n) is 11.4. The zero-order chi connectivity index (χ0) is 13.7. The van der Waals surface area contributed by atoms with Crippen LogP contribution in [-0.4, -0.2) is 37.1 Å². The van der Waals surface area contributed by atoms with Gasteiger partial charge in [0.1, 0.15) is 13.2 Å². The molecule has 0 saturated heterocycles. The highest BCUT2D eigenvalue weighted by atomic mass is 16.6. The van der Waals surface area contributed by atoms with Gasteiger partial charge in [-0.2, -0.15) is 0 Å². The third-order valence-corrected chi connectivity index (χ3v) is 3.06. The van der Waals surface area contributed by atoms with E-state index in [1.807, 2.05) is 32.0 Å². The summed E-state index contributed by atoms with van der Waals surface area (Å²) in [6.45, 7) is 6.54. The van der Waals surface area contributed by atoms with E-state index in [9.17, 15) is 4.79 Å². The standard InChI is InChI=1S/C15H19NO3/c1-3-16(4-2)15(17)8-6-12-5-7-13-14(11-12)19-10-9-18-13/h5-8,11H,3-4,9-10H2,1-2H3. The molecule has 19 heavy (non-hydrogen) atoms. The molecule has 1 aromatic rings. The Labute approximate surface area is 113 Å². The van der Waals surface area contributed by atoms with Gasteiger partial charge < -0.3 is 14.4 Å². The molecule has 2 rings (SSSR count). The van der Waals surface area contributed by atoms with Gasteiger partial charge in [0.25, 0.3) is 0 Å². The summed E-state index contributed by atoms with van der Waals surface area (Å²) in [6, 6.07) is 5.68. The van der Waals surface area contributed by atoms with Crippen LogP contribution in [0.15, 0.2) is 24.3 Å². The molecule has 4 heteroatoms. The summed E-state index contributed by atoms with van der Waals surface area (Å²) >= 11 is 0. The molecule has 0 fully saturated rings. The first-order valence-electron chi connectivity index (χ1n) is 6.61. The molecule has 1 aliphatic heterocycles. The Kier molecular flexibility index (Phi) is 4.44. The van der Waals surface area contributed by atoms with E-state index in [0.717, 1.165) is 30.2 Å². The summed E-state index contributed by atoms with van der Waals surface area (Å²) in [5, 5.41) is 0. The van der Waals surface area contributed by atoms with Crippen LogP contribution in [0.2, 0.25) is 0 Å². The van der Waals surface area contributed by atoms with E-state index in [1.165, 1.54) is 0 Å². The molecule has 0 N–H and O–H groups in total. The second-order valence-corrected chi connectivity index (χ2v) is 4.25. The lowest BCUT2D eigenvalue weighted by atomic mass is 10.1. The summed E-state index contributed by atoms with van der Waals surface area (Å²) in [4.78, 5) is 13.6. The maximum atomic E-state index is 11.9. The Bertz CT molecular complexity index is 478. The van der Waals surface area contributed by atoms with Gasteiger partial charge in [-0.3, -0.25) is 4.79 Å². The number of fused-ring (bicyclic) bond motifs is 1. The predicted molar refractivity (Wildman–Crippen MR) is 74.4 cm³/mol. The average molecular weight is 261 g/mol. The fourth-order valence-corrected chi connectivity index (χ4v) is 1.97. The van der Waals surface area contributed by atoms with Crippen LogP contribution in [0.4, 0.5) is 0 Å². The summed E-state index contributed by atoms with van der Waals surface area (Å²) in [6.07, 6.45) is 3.40. The number of carbonyl (C=O) groups excluding carboxylic acids is 1. The van der Waals surface area contributed by atoms with Crippen LogP contribution in [0.1, 0.15) is 19.4 Å². The van der Waals surface area contributed by atoms with Gasteiger partial charge >= 0.3 is 0 Å². The first-order chi connectivity index (χ1) is 9.24. The number of nitrogens with zero attached hydrogens (tertiary/aromatic N) is 1. The SMILES string of the molecule is CCN(CC)C(=O)C=Cc1ccc2c(c1)OCCO2. The molecule has 0 aromatic heterocycles. The number of ether oxygens (including phenoxy) is 2. The van der Waals surface area contributed by atoms with Crippen molar-refractivity contribution in [3.05, 3.63) is 29.8 Å². The van der Waals surface area contributed by atoms with Gasteiger partial charge in [-0.25, -0.2) is 0 Å². The Morgan fingerprint density at radius 2 is 1.89 bits per heavy atom. The Morgan fingerprint density at radius 3 is 2.58 bits per heavy atom. The lowest BCUT2D eigenvalue weighted by molar-refractivity contribution is -0.125. The van der Waals surface area contributed by atoms with E-state index in [1.54, 1.807) is 17.1 Å². The Hall–Kier alpha value is -1.97. The van der Waals surface area contributed by atoms with Gasteiger partial charge in [0.15, 0.2) is 11.5 Å². The minimum absolute atomic E-state index is 0.0277. The van der Waals surface area contributed by atoms with Crippen LogP contribution in [0.5, 0.6) is 11.5 Å². The maximum Gasteiger partial charge on any atom is 0.246 e. The van der Waals surface area contributed by atoms with Crippen LogP contribution in [-0.2, 0) is 4.79 Å². The van der Waals surface area contributed by atoms with Gasteiger partial charge in [0.2, 0.25) is 5.91 Å². The number of hydrogen-bond donors (Lipinski definition) is 0. The summed E-state index contributed by atoms with van der Waals surface area (Å²) in [5.41, 5.74) is 0.935. The fraction of sp³-hybridized carbons (Fsp3) is 0.400. The van der Waals surface area contributed by atoms with Gasteiger partial charge in [-0.15, -0.1) is 0 Å². The van der Waals surface area contributed by atoms with E-state index in [-0.39, 0.29) is 5.91 Å². The lowest BCUT2D eigenvalue weighted by Gasteiger charge is -2.18. The van der Waals surface area contributed by atoms with Crippen molar-refractivity contribution in [2.45, 2.75) is 13.8 Å². The highest BCUT2D eigenvalue weighted by Gasteiger charge is 2.11. The zero-order valence-corrected chi connectivity index (χ0v) is 11.4. The van der Waals surface area contributed by atoms with Crippen LogP contribution >= 0.6 is 0 Å². The van der Waals surface area contributed by atoms with E-state index >= 15 is 0 Å². The lowest BCUT2D eigenvalue weighted by Crippen LogP contribution is -2.28. The van der Waals surface area contributed by atoms with Crippen molar-refractivity contribution in [3.63, 3.8) is 0 Å². The number of likely N-dealkylation sites (N-methyl/N-ethyl adjacent to an activating group) is 1. The highest BCUT2D eigenvalue weighted by Crippen LogP contribution is 2.31. The molecule has 0 bridgehead atoms. The largest absolute Gasteiger partial charge is 0.486 e. The molecule has 1 aliphatic rings. The molecule has 0 unspecified atom stereocenters. The van der Waals surface area contributed by atoms with E-state index in [0.29, 0.717) is 13.2 Å². The predicted octanol–water partition coefficient (Wildman–Crippen LogP) is 2.34. The second-order valence-electron chi connectivity index (χ2n) is 4.25. The number of hydrogen-bond acceptors (Lipinski definition) is 3. The molecule has 0 saturated carbocycles. The Morgan fingerprint density at radius 1 is 1.21 bits per heavy atom. The van der Waals surface area contributed by atoms with E-state index < -0.39 is 0 Å². The average Bonchev–Trinajstić information content (AvgIpc) is 2.46. The molecule has 102 valence electrons. The maximum absolute atomic E-state index is 11.9. The van der Waals surface area contributed by atoms with Crippen molar-refractivity contribution < 1.29 is 14.3 Å². The topological polar surface area (TPSA) is 38.8 Å². The molecule has 0 aliphatic carbocycles. The normalized spacial score (nSPS) is 13.6. The molecule has 1 heterocycles. The summed E-state index contributed by atoms with van der Waals surface area (Å²) in [5.74, 6) is 1.53. The van der Waals surface area contributed by atoms with E-state index in [2.05, 4.69) is 0 Å². The molecule has 4 nitrogen and oxygen atoms in total. The minimum Gasteiger partial charge on any atom is -0.486 e. The highest BCUT2D eigenvalue weighted by molar-refractivity contribution is 5.91. The number of carbonyl (C=O) groups is 1. The summed E-state index contributed by atoms with van der Waals surface area (Å²) < 4.78 is 11.0. The molecular weight excluding hydrogens is 242 g/mol. The van der Waals surface area contributed by atoms with E-state index in [4.69, 9.17) is 9.47 Å². The third-order valence-electron chi connectivity index (χ3n) is 3.06. The molecular formula is C15H19NO3. The number of rotatable bonds is 4. The smallest absolute Gasteiger partial charge is 0.246 e. The van der Waals surface area contributed by atoms with Crippen molar-refractivity contribution in [1.29, 1.82) is 0 Å². The summed E-state index contributed by atoms with van der Waals surface area (Å²) in [7, 11) is 0. The Balaban J connectivity index is 2.08. The fourth-order valence-electron chi connectivity index (χ4n) is 1.97. The minimum atomic E-state index is 0.0277. The van der Waals surface area contributed by atoms with Gasteiger partial charge in [-0.1, -0.05) is 6.07 Å². The molecule has 1 amide bonds. The number of amides is 1. The van der Waals surface area contributed by atoms with Crippen molar-refractivity contribution in [2.24, 2.45) is 0 Å². The van der Waals surface area contributed by atoms with Crippen molar-refractivity contribution in [2.75, 3.05) is 26.3 Å². The molecule has 0 radical (unpaired) electrons. The molecule has 0 atom stereocenters. The van der Waals surface area contributed by atoms with Crippen LogP contribution < -0.4 is 9.47 Å².